The zero-order chi connectivity index (χ0) is 20.7. The van der Waals surface area contributed by atoms with E-state index in [0.29, 0.717) is 6.42 Å². The van der Waals surface area contributed by atoms with E-state index in [4.69, 9.17) is 34.8 Å². The Labute approximate surface area is 185 Å². The molecule has 28 heavy (non-hydrogen) atoms. The molecule has 6 heteroatoms. The van der Waals surface area contributed by atoms with E-state index in [2.05, 4.69) is 17.6 Å². The predicted octanol–water partition coefficient (Wildman–Crippen LogP) is 7.61. The van der Waals surface area contributed by atoms with E-state index in [1.165, 1.54) is 57.8 Å². The smallest absolute Gasteiger partial charge is 0.228 e. The molecule has 1 rings (SSSR count). The molecule has 0 heterocycles. The van der Waals surface area contributed by atoms with E-state index < -0.39 is 9.96 Å². The fourth-order valence-electron chi connectivity index (χ4n) is 3.08. The number of para-hydroxylation sites is 1. The Morgan fingerprint density at radius 3 is 1.86 bits per heavy atom. The fourth-order valence-corrected chi connectivity index (χ4v) is 3.41. The molecule has 1 aromatic rings. The van der Waals surface area contributed by atoms with E-state index in [1.807, 2.05) is 30.3 Å². The Bertz CT molecular complexity index is 520. The van der Waals surface area contributed by atoms with Crippen molar-refractivity contribution in [2.24, 2.45) is 0 Å². The number of amides is 1. The largest absolute Gasteiger partial charge is 0.362 e. The molecule has 0 unspecified atom stereocenters. The van der Waals surface area contributed by atoms with Gasteiger partial charge < -0.3 is 10.6 Å². The van der Waals surface area contributed by atoms with Gasteiger partial charge in [-0.15, -0.1) is 0 Å². The fraction of sp³-hybridized carbons (Fsp3) is 0.682. The third kappa shape index (κ3) is 12.7. The third-order valence-electron chi connectivity index (χ3n) is 4.72. The van der Waals surface area contributed by atoms with Gasteiger partial charge in [0.1, 0.15) is 6.17 Å². The van der Waals surface area contributed by atoms with Crippen LogP contribution in [-0.2, 0) is 4.79 Å². The number of carbonyl (C=O) groups excluding carboxylic acids is 1. The topological polar surface area (TPSA) is 41.1 Å². The number of rotatable bonds is 15. The van der Waals surface area contributed by atoms with Crippen molar-refractivity contribution in [1.82, 2.24) is 5.32 Å². The molecule has 0 saturated heterocycles. The van der Waals surface area contributed by atoms with Gasteiger partial charge in [0.15, 0.2) is 0 Å². The molecule has 3 nitrogen and oxygen atoms in total. The molecule has 0 aromatic heterocycles. The van der Waals surface area contributed by atoms with Crippen LogP contribution in [0.5, 0.6) is 0 Å². The normalized spacial score (nSPS) is 12.6. The predicted molar refractivity (Wildman–Crippen MR) is 123 cm³/mol. The Morgan fingerprint density at radius 2 is 1.36 bits per heavy atom. The van der Waals surface area contributed by atoms with Gasteiger partial charge in [-0.3, -0.25) is 4.79 Å². The maximum atomic E-state index is 12.2. The van der Waals surface area contributed by atoms with Crippen LogP contribution in [-0.4, -0.2) is 15.9 Å². The number of hydrogen-bond donors (Lipinski definition) is 2. The van der Waals surface area contributed by atoms with Crippen molar-refractivity contribution in [2.45, 2.75) is 93.9 Å². The van der Waals surface area contributed by atoms with Crippen LogP contribution >= 0.6 is 34.8 Å². The standard InChI is InChI=1S/C22H35Cl3N2O/c1-2-3-4-5-6-7-8-9-10-11-15-18-20(28)27-21(22(23,24)25)26-19-16-13-12-14-17-19/h12-14,16-17,21,26H,2-11,15,18H2,1H3,(H,27,28)/t21-/m1/s1. The summed E-state index contributed by atoms with van der Waals surface area (Å²) in [5, 5.41) is 5.86. The highest BCUT2D eigenvalue weighted by Gasteiger charge is 2.33. The van der Waals surface area contributed by atoms with Crippen molar-refractivity contribution < 1.29 is 4.79 Å². The van der Waals surface area contributed by atoms with Gasteiger partial charge in [-0.25, -0.2) is 0 Å². The summed E-state index contributed by atoms with van der Waals surface area (Å²) in [7, 11) is 0. The van der Waals surface area contributed by atoms with Gasteiger partial charge in [0.2, 0.25) is 9.70 Å². The lowest BCUT2D eigenvalue weighted by Gasteiger charge is -2.27. The molecule has 160 valence electrons. The summed E-state index contributed by atoms with van der Waals surface area (Å²) in [4.78, 5) is 12.2. The summed E-state index contributed by atoms with van der Waals surface area (Å²) < 4.78 is -1.64. The molecule has 0 aliphatic carbocycles. The van der Waals surface area contributed by atoms with E-state index in [0.717, 1.165) is 18.5 Å². The van der Waals surface area contributed by atoms with Crippen molar-refractivity contribution in [2.75, 3.05) is 5.32 Å². The summed E-state index contributed by atoms with van der Waals surface area (Å²) in [6.07, 6.45) is 13.4. The van der Waals surface area contributed by atoms with Gasteiger partial charge in [0, 0.05) is 12.1 Å². The summed E-state index contributed by atoms with van der Waals surface area (Å²) in [6.45, 7) is 2.25. The first-order valence-electron chi connectivity index (χ1n) is 10.6. The van der Waals surface area contributed by atoms with E-state index in [-0.39, 0.29) is 5.91 Å². The molecule has 1 aromatic carbocycles. The van der Waals surface area contributed by atoms with Gasteiger partial charge in [-0.05, 0) is 18.6 Å². The van der Waals surface area contributed by atoms with E-state index in [9.17, 15) is 4.79 Å². The third-order valence-corrected chi connectivity index (χ3v) is 5.38. The van der Waals surface area contributed by atoms with Crippen molar-refractivity contribution in [3.05, 3.63) is 30.3 Å². The van der Waals surface area contributed by atoms with Crippen LogP contribution in [0.25, 0.3) is 0 Å². The summed E-state index contributed by atoms with van der Waals surface area (Å²) in [6, 6.07) is 9.38. The minimum Gasteiger partial charge on any atom is -0.362 e. The first kappa shape index (κ1) is 25.4. The SMILES string of the molecule is CCCCCCCCCCCCCC(=O)N[C@@H](Nc1ccccc1)C(Cl)(Cl)Cl. The number of halogens is 3. The van der Waals surface area contributed by atoms with E-state index in [1.54, 1.807) is 0 Å². The maximum Gasteiger partial charge on any atom is 0.228 e. The minimum absolute atomic E-state index is 0.101. The molecular formula is C22H35Cl3N2O. The first-order valence-corrected chi connectivity index (χ1v) is 11.7. The highest BCUT2D eigenvalue weighted by atomic mass is 35.6. The van der Waals surface area contributed by atoms with Crippen LogP contribution in [0.1, 0.15) is 84.0 Å². The van der Waals surface area contributed by atoms with Crippen LogP contribution in [0.3, 0.4) is 0 Å². The Kier molecular flexibility index (Phi) is 13.8. The van der Waals surface area contributed by atoms with E-state index >= 15 is 0 Å². The van der Waals surface area contributed by atoms with Crippen molar-refractivity contribution in [1.29, 1.82) is 0 Å². The minimum atomic E-state index is -1.64. The second-order valence-corrected chi connectivity index (χ2v) is 9.71. The van der Waals surface area contributed by atoms with Crippen LogP contribution < -0.4 is 10.6 Å². The number of unbranched alkanes of at least 4 members (excludes halogenated alkanes) is 10. The van der Waals surface area contributed by atoms with Gasteiger partial charge in [-0.1, -0.05) is 124 Å². The molecular weight excluding hydrogens is 415 g/mol. The van der Waals surface area contributed by atoms with Gasteiger partial charge in [0.25, 0.3) is 0 Å². The van der Waals surface area contributed by atoms with Gasteiger partial charge in [-0.2, -0.15) is 0 Å². The Morgan fingerprint density at radius 1 is 0.857 bits per heavy atom. The highest BCUT2D eigenvalue weighted by Crippen LogP contribution is 2.31. The zero-order valence-corrected chi connectivity index (χ0v) is 19.3. The molecule has 0 bridgehead atoms. The second-order valence-electron chi connectivity index (χ2n) is 7.34. The molecule has 0 radical (unpaired) electrons. The highest BCUT2D eigenvalue weighted by molar-refractivity contribution is 6.68. The lowest BCUT2D eigenvalue weighted by atomic mass is 10.1. The molecule has 0 saturated carbocycles. The summed E-state index contributed by atoms with van der Waals surface area (Å²) in [5.41, 5.74) is 0.786. The quantitative estimate of drug-likeness (QED) is 0.164. The number of carbonyl (C=O) groups is 1. The molecule has 0 aliphatic rings. The van der Waals surface area contributed by atoms with Gasteiger partial charge >= 0.3 is 0 Å². The molecule has 1 amide bonds. The first-order chi connectivity index (χ1) is 13.4. The Hall–Kier alpha value is -0.640. The van der Waals surface area contributed by atoms with Crippen LogP contribution in [0.2, 0.25) is 0 Å². The molecule has 0 aliphatic heterocycles. The average molecular weight is 450 g/mol. The number of hydrogen-bond acceptors (Lipinski definition) is 2. The summed E-state index contributed by atoms with van der Waals surface area (Å²) >= 11 is 18.1. The van der Waals surface area contributed by atoms with Crippen LogP contribution in [0.15, 0.2) is 30.3 Å². The molecule has 0 fully saturated rings. The number of nitrogens with one attached hydrogen (secondary N) is 2. The maximum absolute atomic E-state index is 12.2. The molecule has 2 N–H and O–H groups in total. The van der Waals surface area contributed by atoms with Crippen LogP contribution in [0.4, 0.5) is 5.69 Å². The number of anilines is 1. The zero-order valence-electron chi connectivity index (χ0n) is 17.0. The number of alkyl halides is 3. The average Bonchev–Trinajstić information content (AvgIpc) is 2.65. The van der Waals surface area contributed by atoms with Crippen LogP contribution in [0, 0.1) is 0 Å². The van der Waals surface area contributed by atoms with Gasteiger partial charge in [0.05, 0.1) is 0 Å². The molecule has 1 atom stereocenters. The number of benzene rings is 1. The van der Waals surface area contributed by atoms with Crippen molar-refractivity contribution in [3.63, 3.8) is 0 Å². The lowest BCUT2D eigenvalue weighted by molar-refractivity contribution is -0.121. The van der Waals surface area contributed by atoms with Crippen molar-refractivity contribution >= 4 is 46.4 Å². The monoisotopic (exact) mass is 448 g/mol. The lowest BCUT2D eigenvalue weighted by Crippen LogP contribution is -2.49. The second kappa shape index (κ2) is 15.2. The summed E-state index contributed by atoms with van der Waals surface area (Å²) in [5.74, 6) is -0.101. The molecule has 0 spiro atoms. The van der Waals surface area contributed by atoms with Crippen molar-refractivity contribution in [3.8, 4) is 0 Å². The Balaban J connectivity index is 2.15.